The zero-order valence-corrected chi connectivity index (χ0v) is 12.3. The van der Waals surface area contributed by atoms with Crippen LogP contribution in [0.1, 0.15) is 21.9 Å². The van der Waals surface area contributed by atoms with Crippen LogP contribution in [0.3, 0.4) is 0 Å². The predicted octanol–water partition coefficient (Wildman–Crippen LogP) is 2.98. The van der Waals surface area contributed by atoms with Crippen LogP contribution in [0, 0.1) is 6.92 Å². The first-order valence-electron chi connectivity index (χ1n) is 5.75. The van der Waals surface area contributed by atoms with Gasteiger partial charge in [0.2, 0.25) is 0 Å². The van der Waals surface area contributed by atoms with Crippen LogP contribution in [0.25, 0.3) is 0 Å². The molecule has 0 N–H and O–H groups in total. The molecule has 19 heavy (non-hydrogen) atoms. The van der Waals surface area contributed by atoms with E-state index in [1.807, 2.05) is 18.2 Å². The summed E-state index contributed by atoms with van der Waals surface area (Å²) in [6.07, 6.45) is 1.90. The van der Waals surface area contributed by atoms with Crippen molar-refractivity contribution in [3.05, 3.63) is 52.0 Å². The Morgan fingerprint density at radius 2 is 2.16 bits per heavy atom. The minimum Gasteiger partial charge on any atom is -0.496 e. The van der Waals surface area contributed by atoms with Crippen molar-refractivity contribution >= 4 is 21.7 Å². The molecule has 98 valence electrons. The van der Waals surface area contributed by atoms with Crippen LogP contribution in [0.4, 0.5) is 0 Å². The van der Waals surface area contributed by atoms with E-state index in [1.54, 1.807) is 26.3 Å². The zero-order valence-electron chi connectivity index (χ0n) is 10.7. The van der Waals surface area contributed by atoms with Crippen LogP contribution in [0.15, 0.2) is 34.9 Å². The summed E-state index contributed by atoms with van der Waals surface area (Å²) in [7, 11) is 1.61. The number of nitrogens with zero attached hydrogens (tertiary/aromatic N) is 2. The highest BCUT2D eigenvalue weighted by Gasteiger charge is 2.10. The topological polar surface area (TPSA) is 52.1 Å². The Hall–Kier alpha value is -1.75. The van der Waals surface area contributed by atoms with Crippen LogP contribution < -0.4 is 4.74 Å². The first kappa shape index (κ1) is 13.7. The van der Waals surface area contributed by atoms with Gasteiger partial charge in [-0.15, -0.1) is 0 Å². The maximum absolute atomic E-state index is 12.1. The van der Waals surface area contributed by atoms with Gasteiger partial charge in [-0.05, 0) is 46.6 Å². The van der Waals surface area contributed by atoms with Gasteiger partial charge in [-0.3, -0.25) is 4.79 Å². The van der Waals surface area contributed by atoms with E-state index >= 15 is 0 Å². The summed E-state index contributed by atoms with van der Waals surface area (Å²) in [4.78, 5) is 20.2. The molecule has 5 heteroatoms. The van der Waals surface area contributed by atoms with E-state index < -0.39 is 0 Å². The lowest BCUT2D eigenvalue weighted by molar-refractivity contribution is 0.0988. The fraction of sp³-hybridized carbons (Fsp3) is 0.214. The van der Waals surface area contributed by atoms with E-state index in [0.717, 1.165) is 15.8 Å². The lowest BCUT2D eigenvalue weighted by atomic mass is 10.1. The molecule has 0 radical (unpaired) electrons. The van der Waals surface area contributed by atoms with Gasteiger partial charge < -0.3 is 4.74 Å². The molecular weight excluding hydrogens is 308 g/mol. The van der Waals surface area contributed by atoms with Gasteiger partial charge in [-0.25, -0.2) is 9.97 Å². The molecule has 2 rings (SSSR count). The zero-order chi connectivity index (χ0) is 13.8. The number of ketones is 1. The Bertz CT molecular complexity index is 614. The number of hydrogen-bond acceptors (Lipinski definition) is 4. The Balaban J connectivity index is 2.17. The van der Waals surface area contributed by atoms with Crippen LogP contribution in [0.2, 0.25) is 0 Å². The molecule has 0 aliphatic carbocycles. The van der Waals surface area contributed by atoms with E-state index in [0.29, 0.717) is 17.9 Å². The van der Waals surface area contributed by atoms with Crippen molar-refractivity contribution in [1.82, 2.24) is 9.97 Å². The lowest BCUT2D eigenvalue weighted by Crippen LogP contribution is -2.07. The molecule has 1 aromatic carbocycles. The van der Waals surface area contributed by atoms with Crippen molar-refractivity contribution in [2.24, 2.45) is 0 Å². The first-order valence-corrected chi connectivity index (χ1v) is 6.54. The van der Waals surface area contributed by atoms with E-state index in [1.165, 1.54) is 0 Å². The third kappa shape index (κ3) is 3.38. The van der Waals surface area contributed by atoms with Gasteiger partial charge in [0.05, 0.1) is 11.6 Å². The monoisotopic (exact) mass is 320 g/mol. The number of carbonyl (C=O) groups excluding carboxylic acids is 1. The Labute approximate surface area is 120 Å². The van der Waals surface area contributed by atoms with Gasteiger partial charge in [0.1, 0.15) is 17.3 Å². The second-order valence-electron chi connectivity index (χ2n) is 4.06. The predicted molar refractivity (Wildman–Crippen MR) is 75.5 cm³/mol. The molecule has 1 aromatic heterocycles. The van der Waals surface area contributed by atoms with Crippen molar-refractivity contribution in [2.45, 2.75) is 13.3 Å². The van der Waals surface area contributed by atoms with Crippen molar-refractivity contribution < 1.29 is 9.53 Å². The fourth-order valence-corrected chi connectivity index (χ4v) is 2.30. The highest BCUT2D eigenvalue weighted by atomic mass is 79.9. The molecule has 0 spiro atoms. The number of benzene rings is 1. The van der Waals surface area contributed by atoms with Gasteiger partial charge in [-0.2, -0.15) is 0 Å². The normalized spacial score (nSPS) is 10.3. The summed E-state index contributed by atoms with van der Waals surface area (Å²) in [6.45, 7) is 1.76. The van der Waals surface area contributed by atoms with Gasteiger partial charge >= 0.3 is 0 Å². The summed E-state index contributed by atoms with van der Waals surface area (Å²) in [5.41, 5.74) is 1.35. The van der Waals surface area contributed by atoms with Crippen molar-refractivity contribution in [1.29, 1.82) is 0 Å². The van der Waals surface area contributed by atoms with Crippen LogP contribution in [-0.2, 0) is 6.42 Å². The molecule has 0 fully saturated rings. The van der Waals surface area contributed by atoms with Gasteiger partial charge in [0.25, 0.3) is 0 Å². The Kier molecular flexibility index (Phi) is 4.27. The molecule has 0 amide bonds. The van der Waals surface area contributed by atoms with Crippen LogP contribution >= 0.6 is 15.9 Å². The highest BCUT2D eigenvalue weighted by molar-refractivity contribution is 9.10. The molecule has 2 aromatic rings. The standard InChI is InChI=1S/C14H13BrN2O2/c1-9-16-6-5-12(17-9)13(18)8-10-3-4-14(19-2)11(15)7-10/h3-7H,8H2,1-2H3. The number of aryl methyl sites for hydroxylation is 1. The molecule has 0 aliphatic heterocycles. The summed E-state index contributed by atoms with van der Waals surface area (Å²) < 4.78 is 5.99. The molecular formula is C14H13BrN2O2. The number of methoxy groups -OCH3 is 1. The molecule has 0 aliphatic rings. The van der Waals surface area contributed by atoms with Gasteiger partial charge in [-0.1, -0.05) is 6.07 Å². The lowest BCUT2D eigenvalue weighted by Gasteiger charge is -2.06. The average molecular weight is 321 g/mol. The fourth-order valence-electron chi connectivity index (χ4n) is 1.71. The molecule has 0 atom stereocenters. The number of rotatable bonds is 4. The quantitative estimate of drug-likeness (QED) is 0.813. The summed E-state index contributed by atoms with van der Waals surface area (Å²) in [5.74, 6) is 1.32. The number of Topliss-reactive ketones (excluding diaryl/α,β-unsaturated/α-hetero) is 1. The van der Waals surface area contributed by atoms with Crippen molar-refractivity contribution in [3.63, 3.8) is 0 Å². The summed E-state index contributed by atoms with van der Waals surface area (Å²) >= 11 is 3.40. The molecule has 4 nitrogen and oxygen atoms in total. The average Bonchev–Trinajstić information content (AvgIpc) is 2.39. The number of ether oxygens (including phenoxy) is 1. The smallest absolute Gasteiger partial charge is 0.185 e. The Morgan fingerprint density at radius 3 is 2.79 bits per heavy atom. The van der Waals surface area contributed by atoms with E-state index in [2.05, 4.69) is 25.9 Å². The van der Waals surface area contributed by atoms with E-state index in [-0.39, 0.29) is 5.78 Å². The van der Waals surface area contributed by atoms with E-state index in [9.17, 15) is 4.79 Å². The largest absolute Gasteiger partial charge is 0.496 e. The summed E-state index contributed by atoms with van der Waals surface area (Å²) in [6, 6.07) is 7.21. The second kappa shape index (κ2) is 5.93. The van der Waals surface area contributed by atoms with Gasteiger partial charge in [0, 0.05) is 12.6 Å². The maximum Gasteiger partial charge on any atom is 0.185 e. The molecule has 1 heterocycles. The number of hydrogen-bond donors (Lipinski definition) is 0. The number of carbonyl (C=O) groups is 1. The van der Waals surface area contributed by atoms with Crippen LogP contribution in [-0.4, -0.2) is 22.9 Å². The molecule has 0 saturated heterocycles. The molecule has 0 bridgehead atoms. The Morgan fingerprint density at radius 1 is 1.37 bits per heavy atom. The number of aromatic nitrogens is 2. The summed E-state index contributed by atoms with van der Waals surface area (Å²) in [5, 5.41) is 0. The minimum absolute atomic E-state index is 0.0254. The third-order valence-corrected chi connectivity index (χ3v) is 3.26. The van der Waals surface area contributed by atoms with Crippen LogP contribution in [0.5, 0.6) is 5.75 Å². The molecule has 0 unspecified atom stereocenters. The maximum atomic E-state index is 12.1. The highest BCUT2D eigenvalue weighted by Crippen LogP contribution is 2.25. The van der Waals surface area contributed by atoms with Crippen molar-refractivity contribution in [3.8, 4) is 5.75 Å². The second-order valence-corrected chi connectivity index (χ2v) is 4.91. The van der Waals surface area contributed by atoms with Gasteiger partial charge in [0.15, 0.2) is 5.78 Å². The van der Waals surface area contributed by atoms with E-state index in [4.69, 9.17) is 4.74 Å². The number of halogens is 1. The SMILES string of the molecule is COc1ccc(CC(=O)c2ccnc(C)n2)cc1Br. The minimum atomic E-state index is -0.0254. The third-order valence-electron chi connectivity index (χ3n) is 2.64. The molecule has 0 saturated carbocycles. The first-order chi connectivity index (χ1) is 9.10. The van der Waals surface area contributed by atoms with Crippen molar-refractivity contribution in [2.75, 3.05) is 7.11 Å².